The molecule has 1 fully saturated rings. The van der Waals surface area contributed by atoms with Crippen molar-refractivity contribution in [2.24, 2.45) is 0 Å². The largest absolute Gasteiger partial charge is 0.439 e. The minimum atomic E-state index is -1.17. The predicted molar refractivity (Wildman–Crippen MR) is 152 cm³/mol. The van der Waals surface area contributed by atoms with Crippen molar-refractivity contribution >= 4 is 21.6 Å². The summed E-state index contributed by atoms with van der Waals surface area (Å²) < 4.78 is 12.9. The highest BCUT2D eigenvalue weighted by Crippen LogP contribution is 2.30. The number of hydrogen-bond acceptors (Lipinski definition) is 8. The number of aryl methyl sites for hydroxylation is 1. The third kappa shape index (κ3) is 4.87. The van der Waals surface area contributed by atoms with Gasteiger partial charge in [-0.25, -0.2) is 9.59 Å². The standard InChI is InChI=1S/C29H28N4O6S/c1-2-20-15-23-25(34)33(17-29(37)11-13-38-14-12-29)28(36)32(26(23)40-20)16-18-7-9-19(10-8-18)21-5-3-4-6-22(21)24-30-27(35)39-31-24/h3-10,15,37H,2,11-14,16-17H2,1H3,(H,30,31,35). The van der Waals surface area contributed by atoms with Gasteiger partial charge >= 0.3 is 11.4 Å². The summed E-state index contributed by atoms with van der Waals surface area (Å²) in [6, 6.07) is 17.2. The van der Waals surface area contributed by atoms with Gasteiger partial charge in [-0.05, 0) is 29.2 Å². The maximum absolute atomic E-state index is 13.8. The van der Waals surface area contributed by atoms with E-state index in [9.17, 15) is 19.5 Å². The topological polar surface area (TPSA) is 132 Å². The van der Waals surface area contributed by atoms with Crippen LogP contribution in [0.2, 0.25) is 0 Å². The number of thiophene rings is 1. The molecule has 0 aliphatic carbocycles. The van der Waals surface area contributed by atoms with Crippen molar-refractivity contribution in [1.82, 2.24) is 19.3 Å². The van der Waals surface area contributed by atoms with Crippen molar-refractivity contribution in [2.45, 2.75) is 44.9 Å². The maximum Gasteiger partial charge on any atom is 0.439 e. The number of H-pyrrole nitrogens is 1. The molecule has 0 spiro atoms. The fourth-order valence-electron chi connectivity index (χ4n) is 5.17. The molecule has 11 heteroatoms. The van der Waals surface area contributed by atoms with Crippen LogP contribution in [0, 0.1) is 0 Å². The number of benzene rings is 2. The molecule has 0 atom stereocenters. The molecule has 2 N–H and O–H groups in total. The molecular formula is C29H28N4O6S. The third-order valence-electron chi connectivity index (χ3n) is 7.40. The average Bonchev–Trinajstić information content (AvgIpc) is 3.61. The molecule has 1 aliphatic heterocycles. The van der Waals surface area contributed by atoms with E-state index in [1.165, 1.54) is 15.9 Å². The summed E-state index contributed by atoms with van der Waals surface area (Å²) in [4.78, 5) is 42.9. The fraction of sp³-hybridized carbons (Fsp3) is 0.310. The van der Waals surface area contributed by atoms with Crippen LogP contribution in [0.3, 0.4) is 0 Å². The number of hydrogen-bond donors (Lipinski definition) is 2. The van der Waals surface area contributed by atoms with Gasteiger partial charge in [0.15, 0.2) is 5.82 Å². The van der Waals surface area contributed by atoms with Crippen molar-refractivity contribution < 1.29 is 14.4 Å². The Morgan fingerprint density at radius 1 is 1.02 bits per heavy atom. The molecule has 1 aliphatic rings. The Hall–Kier alpha value is -4.06. The van der Waals surface area contributed by atoms with E-state index in [0.717, 1.165) is 33.6 Å². The first-order chi connectivity index (χ1) is 19.3. The van der Waals surface area contributed by atoms with Gasteiger partial charge in [-0.2, -0.15) is 0 Å². The van der Waals surface area contributed by atoms with Gasteiger partial charge in [-0.1, -0.05) is 60.6 Å². The zero-order valence-corrected chi connectivity index (χ0v) is 22.7. The molecule has 206 valence electrons. The van der Waals surface area contributed by atoms with Gasteiger partial charge in [0.05, 0.1) is 24.1 Å². The van der Waals surface area contributed by atoms with E-state index in [2.05, 4.69) is 14.7 Å². The molecular weight excluding hydrogens is 532 g/mol. The van der Waals surface area contributed by atoms with Crippen molar-refractivity contribution in [3.63, 3.8) is 0 Å². The lowest BCUT2D eigenvalue weighted by Crippen LogP contribution is -2.48. The number of aromatic amines is 1. The van der Waals surface area contributed by atoms with Crippen LogP contribution in [0.25, 0.3) is 32.7 Å². The molecule has 5 aromatic rings. The SMILES string of the molecule is CCc1cc2c(=O)n(CC3(O)CCOCC3)c(=O)n(Cc3ccc(-c4ccccc4-c4noc(=O)[nH]4)cc3)c2s1. The number of fused-ring (bicyclic) bond motifs is 1. The Bertz CT molecular complexity index is 1850. The zero-order valence-electron chi connectivity index (χ0n) is 21.9. The first kappa shape index (κ1) is 26.2. The van der Waals surface area contributed by atoms with Crippen LogP contribution in [0.1, 0.15) is 30.2 Å². The minimum absolute atomic E-state index is 0.0683. The molecule has 1 saturated heterocycles. The fourth-order valence-corrected chi connectivity index (χ4v) is 6.24. The number of nitrogens with one attached hydrogen (secondary N) is 1. The van der Waals surface area contributed by atoms with Gasteiger partial charge in [0.1, 0.15) is 4.83 Å². The first-order valence-corrected chi connectivity index (χ1v) is 14.0. The highest BCUT2D eigenvalue weighted by molar-refractivity contribution is 7.18. The average molecular weight is 561 g/mol. The van der Waals surface area contributed by atoms with E-state index in [1.54, 1.807) is 4.57 Å². The lowest BCUT2D eigenvalue weighted by Gasteiger charge is -2.32. The van der Waals surface area contributed by atoms with Gasteiger partial charge in [-0.3, -0.25) is 23.4 Å². The smallest absolute Gasteiger partial charge is 0.388 e. The van der Waals surface area contributed by atoms with E-state index in [1.807, 2.05) is 61.5 Å². The van der Waals surface area contributed by atoms with Crippen molar-refractivity contribution in [2.75, 3.05) is 13.2 Å². The second-order valence-corrected chi connectivity index (χ2v) is 11.2. The van der Waals surface area contributed by atoms with E-state index in [4.69, 9.17) is 4.74 Å². The molecule has 4 heterocycles. The Labute approximate surface area is 232 Å². The van der Waals surface area contributed by atoms with Crippen molar-refractivity contribution in [3.05, 3.63) is 96.4 Å². The Morgan fingerprint density at radius 2 is 1.75 bits per heavy atom. The van der Waals surface area contributed by atoms with Crippen LogP contribution < -0.4 is 17.0 Å². The molecule has 10 nitrogen and oxygen atoms in total. The molecule has 0 radical (unpaired) electrons. The van der Waals surface area contributed by atoms with Gasteiger partial charge in [0.2, 0.25) is 0 Å². The lowest BCUT2D eigenvalue weighted by molar-refractivity contribution is -0.0739. The number of aromatic nitrogens is 4. The Morgan fingerprint density at radius 3 is 2.42 bits per heavy atom. The quantitative estimate of drug-likeness (QED) is 0.312. The summed E-state index contributed by atoms with van der Waals surface area (Å²) in [6.45, 7) is 2.99. The number of ether oxygens (including phenoxy) is 1. The summed E-state index contributed by atoms with van der Waals surface area (Å²) in [6.07, 6.45) is 1.48. The van der Waals surface area contributed by atoms with Crippen LogP contribution in [0.5, 0.6) is 0 Å². The minimum Gasteiger partial charge on any atom is -0.388 e. The summed E-state index contributed by atoms with van der Waals surface area (Å²) in [5.74, 6) is -0.279. The summed E-state index contributed by atoms with van der Waals surface area (Å²) in [7, 11) is 0. The van der Waals surface area contributed by atoms with Crippen LogP contribution in [-0.4, -0.2) is 43.2 Å². The second kappa shape index (κ2) is 10.5. The first-order valence-electron chi connectivity index (χ1n) is 13.2. The second-order valence-electron chi connectivity index (χ2n) is 10.1. The van der Waals surface area contributed by atoms with Gasteiger partial charge in [0, 0.05) is 36.5 Å². The highest BCUT2D eigenvalue weighted by Gasteiger charge is 2.32. The van der Waals surface area contributed by atoms with E-state index in [0.29, 0.717) is 42.1 Å². The normalized spacial score (nSPS) is 15.1. The van der Waals surface area contributed by atoms with Gasteiger partial charge in [-0.15, -0.1) is 11.3 Å². The van der Waals surface area contributed by atoms with E-state index >= 15 is 0 Å². The van der Waals surface area contributed by atoms with Crippen LogP contribution in [0.15, 0.2) is 73.5 Å². The molecule has 2 aromatic carbocycles. The number of aliphatic hydroxyl groups is 1. The van der Waals surface area contributed by atoms with Gasteiger partial charge in [0.25, 0.3) is 5.56 Å². The zero-order chi connectivity index (χ0) is 27.9. The maximum atomic E-state index is 13.8. The molecule has 0 unspecified atom stereocenters. The predicted octanol–water partition coefficient (Wildman–Crippen LogP) is 3.39. The van der Waals surface area contributed by atoms with Crippen molar-refractivity contribution in [1.29, 1.82) is 0 Å². The van der Waals surface area contributed by atoms with E-state index < -0.39 is 17.0 Å². The molecule has 6 rings (SSSR count). The number of nitrogens with zero attached hydrogens (tertiary/aromatic N) is 3. The van der Waals surface area contributed by atoms with Crippen molar-refractivity contribution in [3.8, 4) is 22.5 Å². The molecule has 0 amide bonds. The van der Waals surface area contributed by atoms with E-state index in [-0.39, 0.29) is 18.6 Å². The summed E-state index contributed by atoms with van der Waals surface area (Å²) >= 11 is 1.45. The molecule has 40 heavy (non-hydrogen) atoms. The molecule has 0 saturated carbocycles. The molecule has 0 bridgehead atoms. The Kier molecular flexibility index (Phi) is 6.87. The lowest BCUT2D eigenvalue weighted by atomic mass is 9.94. The number of rotatable bonds is 7. The Balaban J connectivity index is 1.38. The van der Waals surface area contributed by atoms with Crippen LogP contribution in [0.4, 0.5) is 0 Å². The summed E-state index contributed by atoms with van der Waals surface area (Å²) in [5.41, 5.74) is 1.39. The molecule has 3 aromatic heterocycles. The van der Waals surface area contributed by atoms with Gasteiger partial charge < -0.3 is 9.84 Å². The van der Waals surface area contributed by atoms with Crippen LogP contribution in [-0.2, 0) is 24.2 Å². The third-order valence-corrected chi connectivity index (χ3v) is 8.70. The highest BCUT2D eigenvalue weighted by atomic mass is 32.1. The summed E-state index contributed by atoms with van der Waals surface area (Å²) in [5, 5.41) is 15.4. The van der Waals surface area contributed by atoms with Crippen LogP contribution >= 0.6 is 11.3 Å². The monoisotopic (exact) mass is 560 g/mol.